The molecule has 7 heteroatoms. The van der Waals surface area contributed by atoms with E-state index in [1.807, 2.05) is 12.1 Å². The molecular weight excluding hydrogens is 434 g/mol. The third-order valence-electron chi connectivity index (χ3n) is 6.20. The van der Waals surface area contributed by atoms with Crippen LogP contribution in [0.25, 0.3) is 38.8 Å². The number of benzene rings is 3. The zero-order valence-electron chi connectivity index (χ0n) is 18.5. The van der Waals surface area contributed by atoms with Crippen LogP contribution >= 0.6 is 0 Å². The zero-order chi connectivity index (χ0) is 24.2. The number of ether oxygens (including phenoxy) is 1. The molecule has 1 aromatic heterocycles. The van der Waals surface area contributed by atoms with E-state index in [1.165, 1.54) is 13.2 Å². The van der Waals surface area contributed by atoms with Crippen molar-refractivity contribution in [2.75, 3.05) is 19.5 Å². The van der Waals surface area contributed by atoms with Gasteiger partial charge < -0.3 is 24.7 Å². The Hall–Kier alpha value is -4.20. The number of rotatable bonds is 4. The van der Waals surface area contributed by atoms with Gasteiger partial charge in [0.2, 0.25) is 5.79 Å². The first-order chi connectivity index (χ1) is 16.2. The average molecular weight is 455 g/mol. The summed E-state index contributed by atoms with van der Waals surface area (Å²) in [6, 6.07) is 17.1. The van der Waals surface area contributed by atoms with Crippen molar-refractivity contribution in [1.82, 2.24) is 0 Å². The quantitative estimate of drug-likeness (QED) is 0.186. The van der Waals surface area contributed by atoms with E-state index >= 15 is 0 Å². The first-order valence-electron chi connectivity index (χ1n) is 10.5. The number of hydrogen-bond donors (Lipinski definition) is 3. The van der Waals surface area contributed by atoms with Gasteiger partial charge in [0, 0.05) is 35.3 Å². The van der Waals surface area contributed by atoms with Gasteiger partial charge >= 0.3 is 11.6 Å². The van der Waals surface area contributed by atoms with Crippen LogP contribution in [0.1, 0.15) is 16.7 Å². The SMILES string of the molecule is C=C(C(=O)OC)c1ccc2c(c1)C(O)(O)c1cc(-c3cc4ccc(NC)cc4oc3=O)ccc1-2. The summed E-state index contributed by atoms with van der Waals surface area (Å²) in [6.07, 6.45) is 0. The van der Waals surface area contributed by atoms with Crippen molar-refractivity contribution in [2.45, 2.75) is 5.79 Å². The molecule has 3 N–H and O–H groups in total. The van der Waals surface area contributed by atoms with Crippen LogP contribution in [0.2, 0.25) is 0 Å². The summed E-state index contributed by atoms with van der Waals surface area (Å²) in [5, 5.41) is 25.9. The van der Waals surface area contributed by atoms with E-state index in [2.05, 4.69) is 11.9 Å². The normalized spacial score (nSPS) is 13.3. The Morgan fingerprint density at radius 3 is 2.38 bits per heavy atom. The molecular formula is C27H21NO6. The van der Waals surface area contributed by atoms with Crippen molar-refractivity contribution in [3.63, 3.8) is 0 Å². The molecule has 170 valence electrons. The molecule has 0 saturated carbocycles. The second-order valence-electron chi connectivity index (χ2n) is 8.11. The Kier molecular flexibility index (Phi) is 4.89. The molecule has 1 heterocycles. The number of anilines is 1. The summed E-state index contributed by atoms with van der Waals surface area (Å²) in [5.74, 6) is -2.93. The molecule has 0 radical (unpaired) electrons. The average Bonchev–Trinajstić information content (AvgIpc) is 3.08. The minimum absolute atomic E-state index is 0.105. The van der Waals surface area contributed by atoms with Crippen molar-refractivity contribution in [3.8, 4) is 22.3 Å². The van der Waals surface area contributed by atoms with Crippen LogP contribution in [0.4, 0.5) is 5.69 Å². The summed E-state index contributed by atoms with van der Waals surface area (Å²) in [4.78, 5) is 24.6. The van der Waals surface area contributed by atoms with Gasteiger partial charge in [-0.3, -0.25) is 0 Å². The van der Waals surface area contributed by atoms with E-state index in [9.17, 15) is 19.8 Å². The molecule has 0 unspecified atom stereocenters. The van der Waals surface area contributed by atoms with Crippen molar-refractivity contribution < 1.29 is 24.2 Å². The number of carbonyl (C=O) groups excluding carboxylic acids is 1. The highest BCUT2D eigenvalue weighted by molar-refractivity contribution is 6.15. The second-order valence-corrected chi connectivity index (χ2v) is 8.11. The molecule has 1 aliphatic rings. The van der Waals surface area contributed by atoms with Gasteiger partial charge in [0.1, 0.15) is 5.58 Å². The maximum absolute atomic E-state index is 12.8. The number of hydrogen-bond acceptors (Lipinski definition) is 7. The lowest BCUT2D eigenvalue weighted by molar-refractivity contribution is -0.133. The van der Waals surface area contributed by atoms with Crippen LogP contribution in [0.3, 0.4) is 0 Å². The van der Waals surface area contributed by atoms with Gasteiger partial charge in [0.05, 0.1) is 18.2 Å². The molecule has 3 aromatic carbocycles. The lowest BCUT2D eigenvalue weighted by Crippen LogP contribution is -2.23. The number of esters is 1. The molecule has 0 fully saturated rings. The van der Waals surface area contributed by atoms with Crippen molar-refractivity contribution in [2.24, 2.45) is 0 Å². The summed E-state index contributed by atoms with van der Waals surface area (Å²) in [7, 11) is 3.03. The van der Waals surface area contributed by atoms with Crippen LogP contribution < -0.4 is 10.9 Å². The number of aliphatic hydroxyl groups is 2. The monoisotopic (exact) mass is 455 g/mol. The topological polar surface area (TPSA) is 109 Å². The Labute approximate surface area is 194 Å². The fourth-order valence-corrected chi connectivity index (χ4v) is 4.34. The largest absolute Gasteiger partial charge is 0.465 e. The summed E-state index contributed by atoms with van der Waals surface area (Å²) >= 11 is 0. The molecule has 0 spiro atoms. The second kappa shape index (κ2) is 7.69. The predicted molar refractivity (Wildman–Crippen MR) is 129 cm³/mol. The number of fused-ring (bicyclic) bond motifs is 4. The highest BCUT2D eigenvalue weighted by atomic mass is 16.5. The van der Waals surface area contributed by atoms with Gasteiger partial charge in [-0.1, -0.05) is 30.8 Å². The molecule has 0 atom stereocenters. The van der Waals surface area contributed by atoms with E-state index in [1.54, 1.807) is 49.5 Å². The maximum atomic E-state index is 12.8. The minimum atomic E-state index is -2.33. The molecule has 0 bridgehead atoms. The maximum Gasteiger partial charge on any atom is 0.344 e. The van der Waals surface area contributed by atoms with E-state index in [0.29, 0.717) is 33.4 Å². The fraction of sp³-hybridized carbons (Fsp3) is 0.111. The lowest BCUT2D eigenvalue weighted by atomic mass is 9.97. The lowest BCUT2D eigenvalue weighted by Gasteiger charge is -2.19. The Morgan fingerprint density at radius 1 is 0.971 bits per heavy atom. The molecule has 1 aliphatic carbocycles. The molecule has 0 aliphatic heterocycles. The highest BCUT2D eigenvalue weighted by Crippen LogP contribution is 2.47. The van der Waals surface area contributed by atoms with Crippen LogP contribution in [0.5, 0.6) is 0 Å². The van der Waals surface area contributed by atoms with E-state index in [-0.39, 0.29) is 16.7 Å². The third kappa shape index (κ3) is 3.22. The van der Waals surface area contributed by atoms with Gasteiger partial charge in [0.15, 0.2) is 0 Å². The van der Waals surface area contributed by atoms with Crippen LogP contribution in [-0.2, 0) is 15.3 Å². The summed E-state index contributed by atoms with van der Waals surface area (Å²) in [6.45, 7) is 3.73. The zero-order valence-corrected chi connectivity index (χ0v) is 18.5. The predicted octanol–water partition coefficient (Wildman–Crippen LogP) is 3.85. The fourth-order valence-electron chi connectivity index (χ4n) is 4.34. The van der Waals surface area contributed by atoms with Crippen molar-refractivity contribution in [3.05, 3.63) is 94.4 Å². The van der Waals surface area contributed by atoms with Crippen molar-refractivity contribution >= 4 is 28.2 Å². The minimum Gasteiger partial charge on any atom is -0.465 e. The Morgan fingerprint density at radius 2 is 1.68 bits per heavy atom. The number of methoxy groups -OCH3 is 1. The molecule has 4 aromatic rings. The number of nitrogens with one attached hydrogen (secondary N) is 1. The van der Waals surface area contributed by atoms with Gasteiger partial charge in [-0.05, 0) is 52.6 Å². The molecule has 0 amide bonds. The first-order valence-corrected chi connectivity index (χ1v) is 10.5. The van der Waals surface area contributed by atoms with Gasteiger partial charge in [-0.15, -0.1) is 0 Å². The summed E-state index contributed by atoms with van der Waals surface area (Å²) in [5.41, 5.74) is 3.72. The molecule has 5 rings (SSSR count). The third-order valence-corrected chi connectivity index (χ3v) is 6.20. The van der Waals surface area contributed by atoms with Crippen LogP contribution in [-0.4, -0.2) is 30.3 Å². The Bertz CT molecular complexity index is 1560. The number of carbonyl (C=O) groups is 1. The smallest absolute Gasteiger partial charge is 0.344 e. The van der Waals surface area contributed by atoms with E-state index < -0.39 is 17.4 Å². The van der Waals surface area contributed by atoms with Crippen LogP contribution in [0.15, 0.2) is 76.5 Å². The molecule has 0 saturated heterocycles. The molecule has 34 heavy (non-hydrogen) atoms. The Balaban J connectivity index is 1.61. The highest BCUT2D eigenvalue weighted by Gasteiger charge is 2.40. The van der Waals surface area contributed by atoms with Gasteiger partial charge in [0.25, 0.3) is 0 Å². The molecule has 7 nitrogen and oxygen atoms in total. The summed E-state index contributed by atoms with van der Waals surface area (Å²) < 4.78 is 10.2. The van der Waals surface area contributed by atoms with Gasteiger partial charge in [-0.25, -0.2) is 9.59 Å². The van der Waals surface area contributed by atoms with Crippen LogP contribution in [0, 0.1) is 0 Å². The first kappa shape index (κ1) is 21.6. The van der Waals surface area contributed by atoms with Crippen molar-refractivity contribution in [1.29, 1.82) is 0 Å². The standard InChI is InChI=1S/C27H21NO6/c1-14(25(29)33-3)15-5-8-19-20-9-6-16(12-23(20)27(31,32)22(19)11-15)21-10-17-4-7-18(28-2)13-24(17)34-26(21)30/h4-13,28,31-32H,1H2,2-3H3. The van der Waals surface area contributed by atoms with E-state index in [0.717, 1.165) is 11.1 Å². The van der Waals surface area contributed by atoms with E-state index in [4.69, 9.17) is 9.15 Å². The van der Waals surface area contributed by atoms with Gasteiger partial charge in [-0.2, -0.15) is 0 Å².